The molecule has 0 saturated carbocycles. The number of carbonyl (C=O) groups excluding carboxylic acids is 4. The quantitative estimate of drug-likeness (QED) is 0.728. The van der Waals surface area contributed by atoms with Crippen LogP contribution in [0.1, 0.15) is 54.3 Å². The zero-order chi connectivity index (χ0) is 23.0. The Hall–Kier alpha value is -3.68. The van der Waals surface area contributed by atoms with E-state index in [1.807, 2.05) is 0 Å². The molecule has 1 saturated heterocycles. The van der Waals surface area contributed by atoms with E-state index in [9.17, 15) is 19.2 Å². The Labute approximate surface area is 186 Å². The lowest BCUT2D eigenvalue weighted by Gasteiger charge is -2.48. The summed E-state index contributed by atoms with van der Waals surface area (Å²) in [4.78, 5) is 54.7. The number of anilines is 2. The largest absolute Gasteiger partial charge is 0.459 e. The lowest BCUT2D eigenvalue weighted by molar-refractivity contribution is -0.128. The lowest BCUT2D eigenvalue weighted by atomic mass is 9.95. The fourth-order valence-corrected chi connectivity index (χ4v) is 4.41. The average molecular weight is 435 g/mol. The summed E-state index contributed by atoms with van der Waals surface area (Å²) in [6.45, 7) is 5.59. The van der Waals surface area contributed by atoms with Crippen LogP contribution in [0.2, 0.25) is 0 Å². The van der Waals surface area contributed by atoms with E-state index >= 15 is 0 Å². The first-order valence-electron chi connectivity index (χ1n) is 10.7. The SMILES string of the molecule is CCN1C(=O)c2ccccc2N2C(=O)CCC12C(=O)Nc1ccc(C(=O)OC(C)C)cc1. The zero-order valence-corrected chi connectivity index (χ0v) is 18.3. The maximum Gasteiger partial charge on any atom is 0.338 e. The lowest BCUT2D eigenvalue weighted by Crippen LogP contribution is -2.69. The van der Waals surface area contributed by atoms with Crippen LogP contribution < -0.4 is 10.2 Å². The standard InChI is InChI=1S/C24H25N3O5/c1-4-26-21(29)18-7-5-6-8-19(18)27-20(28)13-14-24(26,27)23(31)25-17-11-9-16(10-12-17)22(30)32-15(2)3/h5-12,15H,4,13-14H2,1-3H3,(H,25,31). The van der Waals surface area contributed by atoms with E-state index in [1.165, 1.54) is 9.80 Å². The molecule has 1 N–H and O–H groups in total. The third-order valence-electron chi connectivity index (χ3n) is 5.77. The number of esters is 1. The van der Waals surface area contributed by atoms with E-state index in [4.69, 9.17) is 4.74 Å². The van der Waals surface area contributed by atoms with E-state index in [-0.39, 0.29) is 37.3 Å². The van der Waals surface area contributed by atoms with Crippen molar-refractivity contribution in [3.63, 3.8) is 0 Å². The van der Waals surface area contributed by atoms with Crippen LogP contribution in [0.25, 0.3) is 0 Å². The van der Waals surface area contributed by atoms with Crippen LogP contribution in [0, 0.1) is 0 Å². The average Bonchev–Trinajstić information content (AvgIpc) is 3.12. The summed E-state index contributed by atoms with van der Waals surface area (Å²) in [5, 5.41) is 2.84. The second-order valence-corrected chi connectivity index (χ2v) is 8.10. The maximum absolute atomic E-state index is 13.6. The Morgan fingerprint density at radius 3 is 2.44 bits per heavy atom. The highest BCUT2D eigenvalue weighted by Crippen LogP contribution is 2.44. The summed E-state index contributed by atoms with van der Waals surface area (Å²) in [6.07, 6.45) is 0.120. The first kappa shape index (κ1) is 21.5. The molecule has 0 bridgehead atoms. The van der Waals surface area contributed by atoms with Crippen molar-refractivity contribution in [3.8, 4) is 0 Å². The smallest absolute Gasteiger partial charge is 0.338 e. The van der Waals surface area contributed by atoms with Crippen molar-refractivity contribution < 1.29 is 23.9 Å². The number of likely N-dealkylation sites (N-methyl/N-ethyl adjacent to an activating group) is 1. The minimum atomic E-state index is -1.44. The molecule has 0 aromatic heterocycles. The fraction of sp³-hybridized carbons (Fsp3) is 0.333. The van der Waals surface area contributed by atoms with Gasteiger partial charge < -0.3 is 15.0 Å². The monoisotopic (exact) mass is 435 g/mol. The molecule has 8 heteroatoms. The molecule has 8 nitrogen and oxygen atoms in total. The topological polar surface area (TPSA) is 96.0 Å². The Morgan fingerprint density at radius 2 is 1.78 bits per heavy atom. The summed E-state index contributed by atoms with van der Waals surface area (Å²) < 4.78 is 5.18. The van der Waals surface area contributed by atoms with Gasteiger partial charge in [0.2, 0.25) is 11.6 Å². The van der Waals surface area contributed by atoms with Gasteiger partial charge in [-0.3, -0.25) is 19.3 Å². The number of rotatable bonds is 5. The number of amides is 3. The van der Waals surface area contributed by atoms with Crippen molar-refractivity contribution in [2.75, 3.05) is 16.8 Å². The van der Waals surface area contributed by atoms with Gasteiger partial charge in [-0.1, -0.05) is 12.1 Å². The molecule has 0 spiro atoms. The third-order valence-corrected chi connectivity index (χ3v) is 5.77. The van der Waals surface area contributed by atoms with Crippen molar-refractivity contribution in [2.45, 2.75) is 45.4 Å². The van der Waals surface area contributed by atoms with Crippen LogP contribution >= 0.6 is 0 Å². The molecule has 1 fully saturated rings. The number of ether oxygens (including phenoxy) is 1. The van der Waals surface area contributed by atoms with Crippen molar-refractivity contribution in [1.82, 2.24) is 4.90 Å². The molecule has 2 aromatic carbocycles. The molecule has 0 radical (unpaired) electrons. The molecule has 2 aliphatic rings. The Morgan fingerprint density at radius 1 is 1.09 bits per heavy atom. The minimum absolute atomic E-state index is 0.158. The minimum Gasteiger partial charge on any atom is -0.459 e. The molecule has 0 aliphatic carbocycles. The molecule has 2 heterocycles. The van der Waals surface area contributed by atoms with E-state index in [0.29, 0.717) is 22.5 Å². The normalized spacial score (nSPS) is 19.6. The van der Waals surface area contributed by atoms with Gasteiger partial charge in [-0.25, -0.2) is 4.79 Å². The summed E-state index contributed by atoms with van der Waals surface area (Å²) in [5.41, 5.74) is 0.233. The van der Waals surface area contributed by atoms with Gasteiger partial charge >= 0.3 is 5.97 Å². The molecule has 1 unspecified atom stereocenters. The van der Waals surface area contributed by atoms with Crippen molar-refractivity contribution >= 4 is 35.1 Å². The van der Waals surface area contributed by atoms with Crippen LogP contribution in [-0.4, -0.2) is 46.9 Å². The van der Waals surface area contributed by atoms with Crippen molar-refractivity contribution in [2.24, 2.45) is 0 Å². The van der Waals surface area contributed by atoms with Crippen molar-refractivity contribution in [1.29, 1.82) is 0 Å². The highest BCUT2D eigenvalue weighted by molar-refractivity contribution is 6.18. The third kappa shape index (κ3) is 3.32. The van der Waals surface area contributed by atoms with Gasteiger partial charge in [0, 0.05) is 25.1 Å². The fourth-order valence-electron chi connectivity index (χ4n) is 4.41. The molecule has 166 valence electrons. The first-order valence-corrected chi connectivity index (χ1v) is 10.7. The number of hydrogen-bond acceptors (Lipinski definition) is 5. The number of hydrogen-bond donors (Lipinski definition) is 1. The molecular weight excluding hydrogens is 410 g/mol. The van der Waals surface area contributed by atoms with E-state index in [1.54, 1.807) is 69.3 Å². The summed E-state index contributed by atoms with van der Waals surface area (Å²) in [5.74, 6) is -1.40. The molecule has 4 rings (SSSR count). The van der Waals surface area contributed by atoms with Crippen LogP contribution in [0.5, 0.6) is 0 Å². The van der Waals surface area contributed by atoms with E-state index in [2.05, 4.69) is 5.32 Å². The summed E-state index contributed by atoms with van der Waals surface area (Å²) in [7, 11) is 0. The number of benzene rings is 2. The number of nitrogens with one attached hydrogen (secondary N) is 1. The number of carbonyl (C=O) groups is 4. The first-order chi connectivity index (χ1) is 15.3. The van der Waals surface area contributed by atoms with E-state index in [0.717, 1.165) is 0 Å². The second kappa shape index (κ2) is 8.11. The van der Waals surface area contributed by atoms with Crippen LogP contribution in [0.3, 0.4) is 0 Å². The Bertz CT molecular complexity index is 1100. The number of fused-ring (bicyclic) bond motifs is 3. The van der Waals surface area contributed by atoms with E-state index < -0.39 is 17.5 Å². The Balaban J connectivity index is 1.67. The second-order valence-electron chi connectivity index (χ2n) is 8.10. The van der Waals surface area contributed by atoms with Gasteiger partial charge in [0.05, 0.1) is 22.9 Å². The predicted octanol–water partition coefficient (Wildman–Crippen LogP) is 3.19. The van der Waals surface area contributed by atoms with Crippen LogP contribution in [0.15, 0.2) is 48.5 Å². The van der Waals surface area contributed by atoms with Gasteiger partial charge in [0.1, 0.15) is 0 Å². The highest BCUT2D eigenvalue weighted by atomic mass is 16.5. The van der Waals surface area contributed by atoms with Crippen LogP contribution in [0.4, 0.5) is 11.4 Å². The van der Waals surface area contributed by atoms with Gasteiger partial charge in [-0.05, 0) is 57.2 Å². The molecular formula is C24H25N3O5. The zero-order valence-electron chi connectivity index (χ0n) is 18.3. The van der Waals surface area contributed by atoms with Gasteiger partial charge in [0.15, 0.2) is 0 Å². The molecule has 32 heavy (non-hydrogen) atoms. The number of nitrogens with zero attached hydrogens (tertiary/aromatic N) is 2. The van der Waals surface area contributed by atoms with Gasteiger partial charge in [-0.15, -0.1) is 0 Å². The molecule has 1 atom stereocenters. The van der Waals surface area contributed by atoms with Crippen molar-refractivity contribution in [3.05, 3.63) is 59.7 Å². The van der Waals surface area contributed by atoms with Crippen LogP contribution in [-0.2, 0) is 14.3 Å². The van der Waals surface area contributed by atoms with Gasteiger partial charge in [-0.2, -0.15) is 0 Å². The highest BCUT2D eigenvalue weighted by Gasteiger charge is 2.60. The molecule has 3 amide bonds. The maximum atomic E-state index is 13.6. The molecule has 2 aliphatic heterocycles. The molecule has 2 aromatic rings. The Kier molecular flexibility index (Phi) is 5.46. The number of para-hydroxylation sites is 1. The summed E-state index contributed by atoms with van der Waals surface area (Å²) >= 11 is 0. The summed E-state index contributed by atoms with van der Waals surface area (Å²) in [6, 6.07) is 13.2. The predicted molar refractivity (Wildman–Crippen MR) is 118 cm³/mol. The van der Waals surface area contributed by atoms with Gasteiger partial charge in [0.25, 0.3) is 11.8 Å².